The van der Waals surface area contributed by atoms with Crippen LogP contribution in [0.25, 0.3) is 0 Å². The van der Waals surface area contributed by atoms with Crippen LogP contribution in [-0.2, 0) is 32.7 Å². The average molecular weight is 428 g/mol. The molecule has 32 heavy (non-hydrogen) atoms. The number of esters is 1. The van der Waals surface area contributed by atoms with Gasteiger partial charge in [-0.1, -0.05) is 66.7 Å². The van der Waals surface area contributed by atoms with Crippen LogP contribution in [0.4, 0.5) is 5.69 Å². The summed E-state index contributed by atoms with van der Waals surface area (Å²) in [4.78, 5) is 38.0. The Morgan fingerprint density at radius 1 is 1.03 bits per heavy atom. The van der Waals surface area contributed by atoms with Crippen molar-refractivity contribution in [3.05, 3.63) is 111 Å². The third kappa shape index (κ3) is 2.97. The van der Waals surface area contributed by atoms with Gasteiger partial charge in [0.25, 0.3) is 11.6 Å². The lowest BCUT2D eigenvalue weighted by atomic mass is 9.66. The third-order valence-electron chi connectivity index (χ3n) is 6.29. The molecule has 2 aliphatic heterocycles. The van der Waals surface area contributed by atoms with Gasteiger partial charge in [-0.15, -0.1) is 0 Å². The number of carbonyl (C=O) groups is 2. The van der Waals surface area contributed by atoms with Crippen molar-refractivity contribution in [3.63, 3.8) is 0 Å². The summed E-state index contributed by atoms with van der Waals surface area (Å²) in [5.74, 6) is -0.754. The lowest BCUT2D eigenvalue weighted by Crippen LogP contribution is -2.75. The highest BCUT2D eigenvalue weighted by Crippen LogP contribution is 2.52. The third-order valence-corrected chi connectivity index (χ3v) is 6.29. The number of ether oxygens (including phenoxy) is 1. The molecule has 2 heterocycles. The van der Waals surface area contributed by atoms with Gasteiger partial charge in [-0.3, -0.25) is 19.7 Å². The molecular formula is C25H20N2O5. The number of nitro groups is 1. The molecule has 2 atom stereocenters. The van der Waals surface area contributed by atoms with Gasteiger partial charge < -0.3 is 9.64 Å². The van der Waals surface area contributed by atoms with Crippen molar-refractivity contribution in [1.82, 2.24) is 4.90 Å². The van der Waals surface area contributed by atoms with E-state index in [0.29, 0.717) is 12.1 Å². The summed E-state index contributed by atoms with van der Waals surface area (Å²) in [5, 5.41) is 10.8. The molecule has 0 aromatic heterocycles. The molecule has 0 spiro atoms. The second-order valence-electron chi connectivity index (χ2n) is 8.00. The number of amides is 1. The Hall–Kier alpha value is -4.00. The van der Waals surface area contributed by atoms with E-state index in [4.69, 9.17) is 4.74 Å². The molecule has 1 saturated heterocycles. The van der Waals surface area contributed by atoms with Gasteiger partial charge in [0.15, 0.2) is 0 Å². The molecule has 0 N–H and O–H groups in total. The second kappa shape index (κ2) is 7.60. The molecule has 3 aromatic rings. The standard InChI is InChI=1S/C25H20N2O5/c28-22(16-17-10-12-20(13-11-17)27(30)31)32-23-24(29)26-15-14-18-6-4-5-9-21(18)25(23,26)19-7-2-1-3-8-19/h1-13,23H,14-16H2. The topological polar surface area (TPSA) is 89.7 Å². The van der Waals surface area contributed by atoms with Gasteiger partial charge in [-0.25, -0.2) is 0 Å². The van der Waals surface area contributed by atoms with Crippen molar-refractivity contribution in [2.75, 3.05) is 6.54 Å². The Morgan fingerprint density at radius 2 is 1.72 bits per heavy atom. The highest BCUT2D eigenvalue weighted by Gasteiger charge is 2.66. The molecule has 0 aliphatic carbocycles. The number of non-ortho nitro benzene ring substituents is 1. The van der Waals surface area contributed by atoms with Crippen LogP contribution in [0.2, 0.25) is 0 Å². The van der Waals surface area contributed by atoms with Crippen LogP contribution in [-0.4, -0.2) is 34.3 Å². The fourth-order valence-electron chi connectivity index (χ4n) is 4.85. The maximum Gasteiger partial charge on any atom is 0.311 e. The van der Waals surface area contributed by atoms with Crippen molar-refractivity contribution in [3.8, 4) is 0 Å². The molecule has 160 valence electrons. The van der Waals surface area contributed by atoms with Gasteiger partial charge >= 0.3 is 5.97 Å². The van der Waals surface area contributed by atoms with Gasteiger partial charge in [0.2, 0.25) is 6.10 Å². The summed E-state index contributed by atoms with van der Waals surface area (Å²) in [5.41, 5.74) is 2.70. The predicted molar refractivity (Wildman–Crippen MR) is 116 cm³/mol. The van der Waals surface area contributed by atoms with Crippen molar-refractivity contribution in [2.45, 2.75) is 24.5 Å². The van der Waals surface area contributed by atoms with Crippen LogP contribution in [0.15, 0.2) is 78.9 Å². The van der Waals surface area contributed by atoms with E-state index in [2.05, 4.69) is 6.07 Å². The first-order valence-electron chi connectivity index (χ1n) is 10.4. The highest BCUT2D eigenvalue weighted by molar-refractivity contribution is 5.95. The minimum absolute atomic E-state index is 0.0474. The minimum Gasteiger partial charge on any atom is -0.449 e. The monoisotopic (exact) mass is 428 g/mol. The molecule has 7 nitrogen and oxygen atoms in total. The van der Waals surface area contributed by atoms with Crippen LogP contribution in [0.1, 0.15) is 22.3 Å². The smallest absolute Gasteiger partial charge is 0.311 e. The predicted octanol–water partition coefficient (Wildman–Crippen LogP) is 3.39. The van der Waals surface area contributed by atoms with Crippen LogP contribution in [0.5, 0.6) is 0 Å². The zero-order chi connectivity index (χ0) is 22.3. The molecule has 2 aliphatic rings. The number of rotatable bonds is 5. The van der Waals surface area contributed by atoms with E-state index in [9.17, 15) is 19.7 Å². The second-order valence-corrected chi connectivity index (χ2v) is 8.00. The van der Waals surface area contributed by atoms with Gasteiger partial charge in [0.1, 0.15) is 5.54 Å². The molecule has 0 radical (unpaired) electrons. The Balaban J connectivity index is 1.47. The van der Waals surface area contributed by atoms with E-state index in [1.54, 1.807) is 4.90 Å². The fourth-order valence-corrected chi connectivity index (χ4v) is 4.85. The Labute approximate surface area is 184 Å². The summed E-state index contributed by atoms with van der Waals surface area (Å²) in [6.07, 6.45) is -0.286. The first-order chi connectivity index (χ1) is 15.5. The summed E-state index contributed by atoms with van der Waals surface area (Å²) in [6.45, 7) is 0.557. The maximum absolute atomic E-state index is 13.1. The quantitative estimate of drug-likeness (QED) is 0.269. The molecular weight excluding hydrogens is 408 g/mol. The molecule has 1 amide bonds. The van der Waals surface area contributed by atoms with Crippen LogP contribution in [0.3, 0.4) is 0 Å². The summed E-state index contributed by atoms with van der Waals surface area (Å²) >= 11 is 0. The molecule has 1 fully saturated rings. The van der Waals surface area contributed by atoms with Crippen molar-refractivity contribution in [1.29, 1.82) is 0 Å². The fraction of sp³-hybridized carbons (Fsp3) is 0.200. The Bertz CT molecular complexity index is 1210. The van der Waals surface area contributed by atoms with E-state index >= 15 is 0 Å². The lowest BCUT2D eigenvalue weighted by Gasteiger charge is -2.59. The lowest BCUT2D eigenvalue weighted by molar-refractivity contribution is -0.384. The molecule has 7 heteroatoms. The SMILES string of the molecule is O=C(Cc1ccc([N+](=O)[O-])cc1)OC1C(=O)N2CCc3ccccc3C12c1ccccc1. The maximum atomic E-state index is 13.1. The number of hydrogen-bond acceptors (Lipinski definition) is 5. The molecule has 5 rings (SSSR count). The first-order valence-corrected chi connectivity index (χ1v) is 10.4. The van der Waals surface area contributed by atoms with Crippen molar-refractivity contribution < 1.29 is 19.2 Å². The van der Waals surface area contributed by atoms with E-state index in [0.717, 1.165) is 23.1 Å². The van der Waals surface area contributed by atoms with Crippen LogP contribution in [0, 0.1) is 10.1 Å². The zero-order valence-electron chi connectivity index (χ0n) is 17.1. The summed E-state index contributed by atoms with van der Waals surface area (Å²) < 4.78 is 5.80. The Morgan fingerprint density at radius 3 is 2.44 bits per heavy atom. The van der Waals surface area contributed by atoms with Crippen LogP contribution < -0.4 is 0 Å². The van der Waals surface area contributed by atoms with Crippen LogP contribution >= 0.6 is 0 Å². The molecule has 0 saturated carbocycles. The number of nitro benzene ring substituents is 1. The highest BCUT2D eigenvalue weighted by atomic mass is 16.6. The van der Waals surface area contributed by atoms with Gasteiger partial charge in [-0.05, 0) is 28.7 Å². The number of fused-ring (bicyclic) bond motifs is 3. The minimum atomic E-state index is -0.961. The molecule has 0 bridgehead atoms. The number of benzene rings is 3. The summed E-state index contributed by atoms with van der Waals surface area (Å²) in [6, 6.07) is 23.4. The van der Waals surface area contributed by atoms with Crippen molar-refractivity contribution >= 4 is 17.6 Å². The molecule has 2 unspecified atom stereocenters. The number of β-lactam (4-membered cyclic amide) rings is 1. The molecule has 3 aromatic carbocycles. The number of hydrogen-bond donors (Lipinski definition) is 0. The van der Waals surface area contributed by atoms with E-state index < -0.39 is 22.5 Å². The Kier molecular flexibility index (Phi) is 4.74. The van der Waals surface area contributed by atoms with Gasteiger partial charge in [0, 0.05) is 18.7 Å². The number of carbonyl (C=O) groups excluding carboxylic acids is 2. The van der Waals surface area contributed by atoms with Gasteiger partial charge in [0.05, 0.1) is 11.3 Å². The van der Waals surface area contributed by atoms with Gasteiger partial charge in [-0.2, -0.15) is 0 Å². The van der Waals surface area contributed by atoms with E-state index in [-0.39, 0.29) is 18.0 Å². The van der Waals surface area contributed by atoms with E-state index in [1.165, 1.54) is 24.3 Å². The largest absolute Gasteiger partial charge is 0.449 e. The zero-order valence-corrected chi connectivity index (χ0v) is 17.1. The van der Waals surface area contributed by atoms with Crippen molar-refractivity contribution in [2.24, 2.45) is 0 Å². The normalized spacial score (nSPS) is 21.2. The van der Waals surface area contributed by atoms with E-state index in [1.807, 2.05) is 48.5 Å². The summed E-state index contributed by atoms with van der Waals surface area (Å²) in [7, 11) is 0. The average Bonchev–Trinajstić information content (AvgIpc) is 2.82. The number of nitrogens with zero attached hydrogens (tertiary/aromatic N) is 2. The first kappa shape index (κ1) is 19.9.